The maximum absolute atomic E-state index is 14.1. The van der Waals surface area contributed by atoms with Gasteiger partial charge in [-0.05, 0) is 79.2 Å². The number of nitrogens with zero attached hydrogens (tertiary/aromatic N) is 2. The molecule has 4 aromatic rings. The van der Waals surface area contributed by atoms with E-state index in [1.165, 1.54) is 17.8 Å². The lowest BCUT2D eigenvalue weighted by molar-refractivity contribution is -0.113. The predicted molar refractivity (Wildman–Crippen MR) is 160 cm³/mol. The summed E-state index contributed by atoms with van der Waals surface area (Å²) in [6.45, 7) is 3.88. The van der Waals surface area contributed by atoms with Gasteiger partial charge in [-0.1, -0.05) is 71.7 Å². The van der Waals surface area contributed by atoms with E-state index in [1.54, 1.807) is 47.4 Å². The number of aliphatic imine (C=N–C) groups is 1. The minimum Gasteiger partial charge on any atom is -0.488 e. The third kappa shape index (κ3) is 6.04. The van der Waals surface area contributed by atoms with Crippen LogP contribution in [0.25, 0.3) is 6.08 Å². The molecule has 4 nitrogen and oxygen atoms in total. The maximum atomic E-state index is 14.1. The van der Waals surface area contributed by atoms with E-state index in [0.717, 1.165) is 11.1 Å². The van der Waals surface area contributed by atoms with E-state index in [4.69, 9.17) is 32.9 Å². The molecule has 4 aromatic carbocycles. The van der Waals surface area contributed by atoms with Gasteiger partial charge >= 0.3 is 0 Å². The summed E-state index contributed by atoms with van der Waals surface area (Å²) in [4.78, 5) is 20.5. The van der Waals surface area contributed by atoms with Crippen molar-refractivity contribution in [2.75, 3.05) is 4.90 Å². The highest BCUT2D eigenvalue weighted by Crippen LogP contribution is 2.39. The summed E-state index contributed by atoms with van der Waals surface area (Å²) in [6, 6.07) is 24.8. The van der Waals surface area contributed by atoms with Crippen LogP contribution >= 0.6 is 35.0 Å². The molecule has 1 heterocycles. The van der Waals surface area contributed by atoms with E-state index in [0.29, 0.717) is 48.4 Å². The average molecular weight is 578 g/mol. The molecule has 0 atom stereocenters. The second-order valence-electron chi connectivity index (χ2n) is 8.93. The lowest BCUT2D eigenvalue weighted by Gasteiger charge is -2.16. The summed E-state index contributed by atoms with van der Waals surface area (Å²) in [5.41, 5.74) is 4.20. The Morgan fingerprint density at radius 1 is 0.923 bits per heavy atom. The Morgan fingerprint density at radius 2 is 1.62 bits per heavy atom. The van der Waals surface area contributed by atoms with Gasteiger partial charge in [0.15, 0.2) is 5.17 Å². The Balaban J connectivity index is 1.52. The fourth-order valence-electron chi connectivity index (χ4n) is 3.90. The van der Waals surface area contributed by atoms with Gasteiger partial charge in [-0.2, -0.15) is 0 Å². The lowest BCUT2D eigenvalue weighted by atomic mass is 10.1. The zero-order chi connectivity index (χ0) is 27.5. The van der Waals surface area contributed by atoms with Crippen molar-refractivity contribution < 1.29 is 13.9 Å². The summed E-state index contributed by atoms with van der Waals surface area (Å²) in [5.74, 6) is -0.0533. The molecule has 1 fully saturated rings. The highest BCUT2D eigenvalue weighted by atomic mass is 35.5. The third-order valence-corrected chi connectivity index (χ3v) is 7.93. The molecule has 196 valence electrons. The monoisotopic (exact) mass is 576 g/mol. The number of carbonyl (C=O) groups is 1. The van der Waals surface area contributed by atoms with Crippen LogP contribution in [0.15, 0.2) is 94.8 Å². The Kier molecular flexibility index (Phi) is 8.07. The van der Waals surface area contributed by atoms with Crippen molar-refractivity contribution in [1.82, 2.24) is 0 Å². The third-order valence-electron chi connectivity index (χ3n) is 6.15. The van der Waals surface area contributed by atoms with Gasteiger partial charge in [0.2, 0.25) is 0 Å². The molecule has 0 spiro atoms. The van der Waals surface area contributed by atoms with Crippen LogP contribution in [0.4, 0.5) is 15.8 Å². The van der Waals surface area contributed by atoms with Gasteiger partial charge in [-0.25, -0.2) is 9.38 Å². The number of carbonyl (C=O) groups excluding carboxylic acids is 1. The van der Waals surface area contributed by atoms with E-state index < -0.39 is 0 Å². The summed E-state index contributed by atoms with van der Waals surface area (Å²) in [6.07, 6.45) is 1.76. The zero-order valence-corrected chi connectivity index (χ0v) is 23.4. The lowest BCUT2D eigenvalue weighted by Crippen LogP contribution is -2.28. The standard InChI is InChI=1S/C31H23Cl2FN2O2S/c1-19-11-13-23(16-25(19)32)35-31-36(24-14-12-20(2)26(33)17-24)30(37)29(39-31)15-21-7-4-6-10-28(21)38-18-22-8-3-5-9-27(22)34/h3-17H,18H2,1-2H3/b29-15+,35-31?. The minimum absolute atomic E-state index is 0.0584. The minimum atomic E-state index is -0.334. The first-order valence-electron chi connectivity index (χ1n) is 12.1. The largest absolute Gasteiger partial charge is 0.488 e. The number of anilines is 1. The van der Waals surface area contributed by atoms with E-state index in [9.17, 15) is 9.18 Å². The second-order valence-corrected chi connectivity index (χ2v) is 10.8. The van der Waals surface area contributed by atoms with Crippen LogP contribution in [0.1, 0.15) is 22.3 Å². The number of hydrogen-bond donors (Lipinski definition) is 0. The number of aryl methyl sites for hydroxylation is 2. The number of halogens is 3. The number of thioether (sulfide) groups is 1. The van der Waals surface area contributed by atoms with E-state index >= 15 is 0 Å². The van der Waals surface area contributed by atoms with E-state index in [1.807, 2.05) is 56.3 Å². The number of ether oxygens (including phenoxy) is 1. The van der Waals surface area contributed by atoms with Gasteiger partial charge in [-0.15, -0.1) is 0 Å². The van der Waals surface area contributed by atoms with Gasteiger partial charge in [0.25, 0.3) is 5.91 Å². The highest BCUT2D eigenvalue weighted by molar-refractivity contribution is 8.19. The van der Waals surface area contributed by atoms with Gasteiger partial charge < -0.3 is 4.74 Å². The van der Waals surface area contributed by atoms with Gasteiger partial charge in [-0.3, -0.25) is 9.69 Å². The number of amidine groups is 1. The first kappa shape index (κ1) is 27.0. The quantitative estimate of drug-likeness (QED) is 0.215. The van der Waals surface area contributed by atoms with Crippen LogP contribution in [-0.4, -0.2) is 11.1 Å². The first-order valence-corrected chi connectivity index (χ1v) is 13.7. The topological polar surface area (TPSA) is 41.9 Å². The molecule has 0 radical (unpaired) electrons. The summed E-state index contributed by atoms with van der Waals surface area (Å²) in [5, 5.41) is 1.61. The van der Waals surface area contributed by atoms with Crippen molar-refractivity contribution in [2.45, 2.75) is 20.5 Å². The van der Waals surface area contributed by atoms with Crippen molar-refractivity contribution >= 4 is 63.5 Å². The molecule has 0 aliphatic carbocycles. The molecule has 0 aromatic heterocycles. The smallest absolute Gasteiger partial charge is 0.271 e. The normalized spacial score (nSPS) is 15.4. The van der Waals surface area contributed by atoms with Crippen molar-refractivity contribution in [3.8, 4) is 5.75 Å². The average Bonchev–Trinajstić information content (AvgIpc) is 3.22. The molecule has 0 N–H and O–H groups in total. The molecule has 0 unspecified atom stereocenters. The van der Waals surface area contributed by atoms with Crippen molar-refractivity contribution in [2.24, 2.45) is 4.99 Å². The Labute approximate surface area is 240 Å². The van der Waals surface area contributed by atoms with Crippen molar-refractivity contribution in [1.29, 1.82) is 0 Å². The van der Waals surface area contributed by atoms with Crippen LogP contribution in [0.3, 0.4) is 0 Å². The van der Waals surface area contributed by atoms with Gasteiger partial charge in [0.1, 0.15) is 18.2 Å². The molecular weight excluding hydrogens is 554 g/mol. The molecule has 1 saturated heterocycles. The fraction of sp³-hybridized carbons (Fsp3) is 0.0968. The number of hydrogen-bond acceptors (Lipinski definition) is 4. The fourth-order valence-corrected chi connectivity index (χ4v) is 5.24. The maximum Gasteiger partial charge on any atom is 0.271 e. The number of para-hydroxylation sites is 1. The predicted octanol–water partition coefficient (Wildman–Crippen LogP) is 9.14. The summed E-state index contributed by atoms with van der Waals surface area (Å²) < 4.78 is 20.1. The van der Waals surface area contributed by atoms with Crippen LogP contribution in [-0.2, 0) is 11.4 Å². The Bertz CT molecular complexity index is 1640. The molecule has 1 aliphatic heterocycles. The SMILES string of the molecule is Cc1ccc(N=C2S/C(=C/c3ccccc3OCc3ccccc3F)C(=O)N2c2ccc(C)c(Cl)c2)cc1Cl. The van der Waals surface area contributed by atoms with E-state index in [-0.39, 0.29) is 18.3 Å². The molecule has 5 rings (SSSR count). The summed E-state index contributed by atoms with van der Waals surface area (Å²) in [7, 11) is 0. The van der Waals surface area contributed by atoms with Crippen LogP contribution < -0.4 is 9.64 Å². The molecule has 39 heavy (non-hydrogen) atoms. The Hall–Kier alpha value is -3.58. The van der Waals surface area contributed by atoms with Gasteiger partial charge in [0, 0.05) is 21.2 Å². The van der Waals surface area contributed by atoms with E-state index in [2.05, 4.69) is 0 Å². The Morgan fingerprint density at radius 3 is 2.36 bits per heavy atom. The number of rotatable bonds is 6. The molecule has 8 heteroatoms. The molecule has 0 bridgehead atoms. The van der Waals surface area contributed by atoms with Crippen LogP contribution in [0, 0.1) is 19.7 Å². The number of benzene rings is 4. The highest BCUT2D eigenvalue weighted by Gasteiger charge is 2.35. The zero-order valence-electron chi connectivity index (χ0n) is 21.1. The molecule has 0 saturated carbocycles. The summed E-state index contributed by atoms with van der Waals surface area (Å²) >= 11 is 14.0. The van der Waals surface area contributed by atoms with Crippen LogP contribution in [0.5, 0.6) is 5.75 Å². The first-order chi connectivity index (χ1) is 18.8. The van der Waals surface area contributed by atoms with Crippen LogP contribution in [0.2, 0.25) is 10.0 Å². The number of amides is 1. The van der Waals surface area contributed by atoms with Crippen molar-refractivity contribution in [3.63, 3.8) is 0 Å². The molecule has 1 amide bonds. The van der Waals surface area contributed by atoms with Gasteiger partial charge in [0.05, 0.1) is 16.3 Å². The second kappa shape index (κ2) is 11.7. The van der Waals surface area contributed by atoms with Crippen molar-refractivity contribution in [3.05, 3.63) is 128 Å². The molecule has 1 aliphatic rings. The molecular formula is C31H23Cl2FN2O2S.